The third-order valence-corrected chi connectivity index (χ3v) is 5.95. The monoisotopic (exact) mass is 338 g/mol. The van der Waals surface area contributed by atoms with E-state index in [-0.39, 0.29) is 5.82 Å². The second-order valence-corrected chi connectivity index (χ2v) is 7.45. The molecule has 0 saturated heterocycles. The maximum Gasteiger partial charge on any atom is 0.182 e. The summed E-state index contributed by atoms with van der Waals surface area (Å²) in [4.78, 5) is 11.8. The number of thiophene rings is 1. The van der Waals surface area contributed by atoms with Crippen molar-refractivity contribution in [3.63, 3.8) is 0 Å². The van der Waals surface area contributed by atoms with E-state index in [0.717, 1.165) is 27.8 Å². The number of benzene rings is 1. The van der Waals surface area contributed by atoms with Crippen LogP contribution in [0, 0.1) is 5.82 Å². The van der Waals surface area contributed by atoms with Crippen molar-refractivity contribution < 1.29 is 4.39 Å². The quantitative estimate of drug-likeness (QED) is 0.510. The van der Waals surface area contributed by atoms with Gasteiger partial charge in [0.05, 0.1) is 5.39 Å². The van der Waals surface area contributed by atoms with Crippen molar-refractivity contribution in [2.75, 3.05) is 0 Å². The zero-order valence-electron chi connectivity index (χ0n) is 13.2. The number of hydrogen-bond acceptors (Lipinski definition) is 4. The Morgan fingerprint density at radius 3 is 2.92 bits per heavy atom. The fourth-order valence-corrected chi connectivity index (χ4v) is 4.90. The molecule has 1 aliphatic carbocycles. The van der Waals surface area contributed by atoms with E-state index < -0.39 is 0 Å². The Morgan fingerprint density at radius 2 is 2.08 bits per heavy atom. The van der Waals surface area contributed by atoms with Gasteiger partial charge in [0.2, 0.25) is 0 Å². The van der Waals surface area contributed by atoms with Crippen LogP contribution in [0.4, 0.5) is 4.39 Å². The average Bonchev–Trinajstić information content (AvgIpc) is 3.16. The van der Waals surface area contributed by atoms with Crippen molar-refractivity contribution in [2.45, 2.75) is 32.1 Å². The zero-order chi connectivity index (χ0) is 16.3. The molecule has 0 spiro atoms. The summed E-state index contributed by atoms with van der Waals surface area (Å²) in [5.74, 6) is 0.876. The van der Waals surface area contributed by atoms with E-state index in [9.17, 15) is 4.39 Å². The van der Waals surface area contributed by atoms with Gasteiger partial charge in [0.1, 0.15) is 17.0 Å². The van der Waals surface area contributed by atoms with Crippen molar-refractivity contribution in [3.05, 3.63) is 46.9 Å². The molecule has 0 aliphatic heterocycles. The van der Waals surface area contributed by atoms with Gasteiger partial charge < -0.3 is 0 Å². The third kappa shape index (κ3) is 1.99. The molecule has 0 fully saturated rings. The largest absolute Gasteiger partial charge is 0.225 e. The lowest BCUT2D eigenvalue weighted by molar-refractivity contribution is 0.602. The summed E-state index contributed by atoms with van der Waals surface area (Å²) in [5.41, 5.74) is 3.06. The van der Waals surface area contributed by atoms with Crippen LogP contribution in [0.15, 0.2) is 30.6 Å². The summed E-state index contributed by atoms with van der Waals surface area (Å²) in [6.07, 6.45) is 5.31. The number of aromatic nitrogens is 4. The lowest BCUT2D eigenvalue weighted by atomic mass is 9.87. The van der Waals surface area contributed by atoms with Crippen molar-refractivity contribution in [3.8, 4) is 11.4 Å². The fraction of sp³-hybridized carbons (Fsp3) is 0.278. The molecule has 0 bridgehead atoms. The van der Waals surface area contributed by atoms with Crippen LogP contribution < -0.4 is 0 Å². The molecule has 1 aromatic carbocycles. The summed E-state index contributed by atoms with van der Waals surface area (Å²) in [6.45, 7) is 2.28. The predicted octanol–water partition coefficient (Wildman–Crippen LogP) is 4.58. The Kier molecular flexibility index (Phi) is 2.97. The Balaban J connectivity index is 1.78. The van der Waals surface area contributed by atoms with Gasteiger partial charge in [0.25, 0.3) is 0 Å². The highest BCUT2D eigenvalue weighted by atomic mass is 32.1. The van der Waals surface area contributed by atoms with E-state index in [1.54, 1.807) is 34.3 Å². The van der Waals surface area contributed by atoms with Gasteiger partial charge in [-0.1, -0.05) is 6.92 Å². The number of halogens is 1. The highest BCUT2D eigenvalue weighted by molar-refractivity contribution is 7.19. The summed E-state index contributed by atoms with van der Waals surface area (Å²) in [5, 5.41) is 5.69. The molecule has 0 amide bonds. The van der Waals surface area contributed by atoms with Gasteiger partial charge in [-0.2, -0.15) is 0 Å². The highest BCUT2D eigenvalue weighted by Crippen LogP contribution is 2.42. The van der Waals surface area contributed by atoms with Gasteiger partial charge in [-0.15, -0.1) is 16.4 Å². The van der Waals surface area contributed by atoms with Crippen molar-refractivity contribution >= 4 is 27.2 Å². The molecule has 0 N–H and O–H groups in total. The number of fused-ring (bicyclic) bond motifs is 5. The molecule has 3 aromatic heterocycles. The minimum atomic E-state index is -0.257. The first-order valence-corrected chi connectivity index (χ1v) is 8.95. The molecule has 4 aromatic rings. The Bertz CT molecular complexity index is 1060. The Morgan fingerprint density at radius 1 is 1.25 bits per heavy atom. The van der Waals surface area contributed by atoms with E-state index >= 15 is 0 Å². The molecule has 1 aliphatic rings. The summed E-state index contributed by atoms with van der Waals surface area (Å²) in [6, 6.07) is 6.29. The smallest absolute Gasteiger partial charge is 0.182 e. The lowest BCUT2D eigenvalue weighted by Crippen LogP contribution is -2.04. The van der Waals surface area contributed by atoms with Crippen LogP contribution in [0.5, 0.6) is 0 Å². The minimum Gasteiger partial charge on any atom is -0.225 e. The molecule has 0 saturated carbocycles. The molecular weight excluding hydrogens is 323 g/mol. The molecule has 1 unspecified atom stereocenters. The van der Waals surface area contributed by atoms with Gasteiger partial charge in [-0.25, -0.2) is 18.9 Å². The standard InChI is InChI=1S/C18H15FN4S/c1-10-3-2-4-13-14(10)15-17-21-16(11-5-7-12(19)8-6-11)22-23(17)9-20-18(15)24-13/h5-10H,2-4H2,1H3. The molecule has 120 valence electrons. The minimum absolute atomic E-state index is 0.257. The first kappa shape index (κ1) is 14.0. The summed E-state index contributed by atoms with van der Waals surface area (Å²) >= 11 is 1.78. The average molecular weight is 338 g/mol. The van der Waals surface area contributed by atoms with Crippen LogP contribution >= 0.6 is 11.3 Å². The van der Waals surface area contributed by atoms with E-state index in [1.165, 1.54) is 35.4 Å². The van der Waals surface area contributed by atoms with Gasteiger partial charge in [0.15, 0.2) is 11.5 Å². The van der Waals surface area contributed by atoms with Crippen LogP contribution in [0.25, 0.3) is 27.3 Å². The summed E-state index contributed by atoms with van der Waals surface area (Å²) < 4.78 is 14.9. The van der Waals surface area contributed by atoms with Crippen LogP contribution in [-0.2, 0) is 6.42 Å². The van der Waals surface area contributed by atoms with E-state index in [4.69, 9.17) is 4.98 Å². The first-order valence-electron chi connectivity index (χ1n) is 8.13. The van der Waals surface area contributed by atoms with Gasteiger partial charge in [0, 0.05) is 10.4 Å². The topological polar surface area (TPSA) is 43.1 Å². The molecule has 4 nitrogen and oxygen atoms in total. The van der Waals surface area contributed by atoms with Crippen molar-refractivity contribution in [2.24, 2.45) is 0 Å². The molecule has 6 heteroatoms. The van der Waals surface area contributed by atoms with Crippen LogP contribution in [-0.4, -0.2) is 19.6 Å². The maximum absolute atomic E-state index is 13.2. The van der Waals surface area contributed by atoms with Crippen LogP contribution in [0.1, 0.15) is 36.1 Å². The fourth-order valence-electron chi connectivity index (χ4n) is 3.61. The summed E-state index contributed by atoms with van der Waals surface area (Å²) in [7, 11) is 0. The van der Waals surface area contributed by atoms with Gasteiger partial charge in [-0.3, -0.25) is 0 Å². The Hall–Kier alpha value is -2.34. The molecule has 1 atom stereocenters. The number of aryl methyl sites for hydroxylation is 1. The van der Waals surface area contributed by atoms with Gasteiger partial charge in [-0.05, 0) is 55.0 Å². The molecule has 24 heavy (non-hydrogen) atoms. The zero-order valence-corrected chi connectivity index (χ0v) is 14.0. The second kappa shape index (κ2) is 5.08. The molecular formula is C18H15FN4S. The predicted molar refractivity (Wildman–Crippen MR) is 92.9 cm³/mol. The van der Waals surface area contributed by atoms with E-state index in [0.29, 0.717) is 11.7 Å². The van der Waals surface area contributed by atoms with Crippen LogP contribution in [0.2, 0.25) is 0 Å². The van der Waals surface area contributed by atoms with Crippen LogP contribution in [0.3, 0.4) is 0 Å². The van der Waals surface area contributed by atoms with Crippen molar-refractivity contribution in [1.29, 1.82) is 0 Å². The number of nitrogens with zero attached hydrogens (tertiary/aromatic N) is 4. The molecule has 0 radical (unpaired) electrons. The van der Waals surface area contributed by atoms with Gasteiger partial charge >= 0.3 is 0 Å². The SMILES string of the molecule is CC1CCCc2sc3ncn4nc(-c5ccc(F)cc5)nc4c3c21. The second-order valence-electron chi connectivity index (χ2n) is 6.37. The first-order chi connectivity index (χ1) is 11.7. The third-order valence-electron chi connectivity index (χ3n) is 4.78. The number of rotatable bonds is 1. The number of hydrogen-bond donors (Lipinski definition) is 0. The molecule has 5 rings (SSSR count). The van der Waals surface area contributed by atoms with E-state index in [2.05, 4.69) is 17.0 Å². The lowest BCUT2D eigenvalue weighted by Gasteiger charge is -2.18. The highest BCUT2D eigenvalue weighted by Gasteiger charge is 2.25. The van der Waals surface area contributed by atoms with E-state index in [1.807, 2.05) is 0 Å². The molecule has 3 heterocycles. The van der Waals surface area contributed by atoms with Crippen molar-refractivity contribution in [1.82, 2.24) is 19.6 Å². The Labute approximate surface area is 142 Å². The normalized spacial score (nSPS) is 17.5. The maximum atomic E-state index is 13.2.